The second kappa shape index (κ2) is 6.37. The van der Waals surface area contributed by atoms with E-state index in [0.29, 0.717) is 11.8 Å². The summed E-state index contributed by atoms with van der Waals surface area (Å²) in [7, 11) is 0. The molecule has 1 aromatic heterocycles. The lowest BCUT2D eigenvalue weighted by atomic mass is 10.1. The largest absolute Gasteiger partial charge is 0.438 e. The molecule has 2 rings (SSSR count). The number of nitrogens with zero attached hydrogens (tertiary/aromatic N) is 2. The topological polar surface area (TPSA) is 47.0 Å². The van der Waals surface area contributed by atoms with Gasteiger partial charge < -0.3 is 10.1 Å². The average molecular weight is 271 g/mol. The zero-order valence-electron chi connectivity index (χ0n) is 12.5. The predicted molar refractivity (Wildman–Crippen MR) is 81.5 cm³/mol. The van der Waals surface area contributed by atoms with Gasteiger partial charge in [0.15, 0.2) is 0 Å². The molecule has 0 radical (unpaired) electrons. The molecule has 0 unspecified atom stereocenters. The van der Waals surface area contributed by atoms with Crippen molar-refractivity contribution in [2.24, 2.45) is 0 Å². The van der Waals surface area contributed by atoms with Crippen LogP contribution in [0.1, 0.15) is 30.0 Å². The molecule has 1 N–H and O–H groups in total. The summed E-state index contributed by atoms with van der Waals surface area (Å²) in [5.74, 6) is 2.05. The molecule has 0 bridgehead atoms. The van der Waals surface area contributed by atoms with E-state index in [1.807, 2.05) is 6.92 Å². The number of aromatic nitrogens is 2. The van der Waals surface area contributed by atoms with E-state index in [1.165, 1.54) is 5.56 Å². The van der Waals surface area contributed by atoms with Gasteiger partial charge in [0.2, 0.25) is 11.8 Å². The Labute approximate surface area is 120 Å². The minimum absolute atomic E-state index is 0.565. The molecular weight excluding hydrogens is 250 g/mol. The molecule has 106 valence electrons. The Morgan fingerprint density at radius 3 is 2.60 bits per heavy atom. The minimum Gasteiger partial charge on any atom is -0.438 e. The highest BCUT2D eigenvalue weighted by Crippen LogP contribution is 2.29. The smallest absolute Gasteiger partial charge is 0.225 e. The van der Waals surface area contributed by atoms with Crippen molar-refractivity contribution in [3.8, 4) is 11.6 Å². The van der Waals surface area contributed by atoms with E-state index < -0.39 is 0 Å². The predicted octanol–water partition coefficient (Wildman–Crippen LogP) is 4.02. The van der Waals surface area contributed by atoms with Crippen LogP contribution in [0.4, 0.5) is 5.95 Å². The quantitative estimate of drug-likeness (QED) is 0.892. The lowest BCUT2D eigenvalue weighted by molar-refractivity contribution is 0.455. The average Bonchev–Trinajstić information content (AvgIpc) is 2.46. The van der Waals surface area contributed by atoms with Gasteiger partial charge in [0, 0.05) is 18.8 Å². The molecular formula is C16H21N3O. The summed E-state index contributed by atoms with van der Waals surface area (Å²) in [5.41, 5.74) is 3.46. The van der Waals surface area contributed by atoms with Crippen LogP contribution in [0.2, 0.25) is 0 Å². The molecule has 0 saturated carbocycles. The molecule has 0 fully saturated rings. The third kappa shape index (κ3) is 3.26. The van der Waals surface area contributed by atoms with Crippen LogP contribution >= 0.6 is 0 Å². The Morgan fingerprint density at radius 2 is 1.85 bits per heavy atom. The lowest BCUT2D eigenvalue weighted by Crippen LogP contribution is -2.04. The number of rotatable bonds is 5. The van der Waals surface area contributed by atoms with Gasteiger partial charge in [-0.15, -0.1) is 0 Å². The number of ether oxygens (including phenoxy) is 1. The van der Waals surface area contributed by atoms with E-state index in [-0.39, 0.29) is 0 Å². The molecule has 0 aliphatic carbocycles. The van der Waals surface area contributed by atoms with Crippen LogP contribution in [0.5, 0.6) is 11.6 Å². The maximum atomic E-state index is 5.95. The first-order valence-electron chi connectivity index (χ1n) is 6.93. The summed E-state index contributed by atoms with van der Waals surface area (Å²) >= 11 is 0. The molecule has 0 saturated heterocycles. The van der Waals surface area contributed by atoms with Crippen LogP contribution < -0.4 is 10.1 Å². The highest BCUT2D eigenvalue weighted by molar-refractivity contribution is 5.46. The van der Waals surface area contributed by atoms with Crippen LogP contribution in [-0.4, -0.2) is 16.5 Å². The molecule has 0 aliphatic heterocycles. The van der Waals surface area contributed by atoms with Crippen molar-refractivity contribution in [3.63, 3.8) is 0 Å². The fourth-order valence-corrected chi connectivity index (χ4v) is 1.91. The molecule has 2 aromatic rings. The summed E-state index contributed by atoms with van der Waals surface area (Å²) in [6, 6.07) is 5.94. The van der Waals surface area contributed by atoms with Crippen molar-refractivity contribution in [1.82, 2.24) is 9.97 Å². The summed E-state index contributed by atoms with van der Waals surface area (Å²) in [6.45, 7) is 9.14. The second-order valence-corrected chi connectivity index (χ2v) is 4.90. The third-order valence-electron chi connectivity index (χ3n) is 3.24. The third-order valence-corrected chi connectivity index (χ3v) is 3.24. The van der Waals surface area contributed by atoms with Gasteiger partial charge in [-0.2, -0.15) is 4.98 Å². The van der Waals surface area contributed by atoms with Crippen molar-refractivity contribution >= 4 is 5.95 Å². The Balaban J connectivity index is 2.24. The molecule has 0 amide bonds. The fourth-order valence-electron chi connectivity index (χ4n) is 1.91. The van der Waals surface area contributed by atoms with Gasteiger partial charge in [-0.1, -0.05) is 19.1 Å². The Hall–Kier alpha value is -2.10. The molecule has 0 aliphatic rings. The normalized spacial score (nSPS) is 10.4. The molecule has 1 heterocycles. The van der Waals surface area contributed by atoms with Crippen LogP contribution in [0, 0.1) is 20.8 Å². The van der Waals surface area contributed by atoms with Crippen molar-refractivity contribution in [1.29, 1.82) is 0 Å². The van der Waals surface area contributed by atoms with Crippen molar-refractivity contribution in [2.75, 3.05) is 11.9 Å². The monoisotopic (exact) mass is 271 g/mol. The van der Waals surface area contributed by atoms with Crippen LogP contribution in [0.3, 0.4) is 0 Å². The van der Waals surface area contributed by atoms with E-state index in [0.717, 1.165) is 29.8 Å². The number of benzene rings is 1. The molecule has 4 heteroatoms. The summed E-state index contributed by atoms with van der Waals surface area (Å²) in [6.07, 6.45) is 2.74. The number of hydrogen-bond donors (Lipinski definition) is 1. The first kappa shape index (κ1) is 14.3. The van der Waals surface area contributed by atoms with Gasteiger partial charge in [0.1, 0.15) is 5.75 Å². The SMILES string of the molecule is CCCNc1nccc(Oc2c(C)ccc(C)c2C)n1. The highest BCUT2D eigenvalue weighted by atomic mass is 16.5. The highest BCUT2D eigenvalue weighted by Gasteiger charge is 2.09. The van der Waals surface area contributed by atoms with E-state index in [4.69, 9.17) is 4.74 Å². The van der Waals surface area contributed by atoms with Gasteiger partial charge in [0.05, 0.1) is 0 Å². The number of anilines is 1. The number of hydrogen-bond acceptors (Lipinski definition) is 4. The molecule has 4 nitrogen and oxygen atoms in total. The number of nitrogens with one attached hydrogen (secondary N) is 1. The standard InChI is InChI=1S/C16H21N3O/c1-5-9-17-16-18-10-8-14(19-16)20-15-12(3)7-6-11(2)13(15)4/h6-8,10H,5,9H2,1-4H3,(H,17,18,19). The maximum Gasteiger partial charge on any atom is 0.225 e. The van der Waals surface area contributed by atoms with Gasteiger partial charge in [-0.25, -0.2) is 4.98 Å². The van der Waals surface area contributed by atoms with Crippen LogP contribution in [-0.2, 0) is 0 Å². The zero-order valence-corrected chi connectivity index (χ0v) is 12.5. The maximum absolute atomic E-state index is 5.95. The van der Waals surface area contributed by atoms with Crippen LogP contribution in [0.25, 0.3) is 0 Å². The molecule has 0 atom stereocenters. The van der Waals surface area contributed by atoms with Gasteiger partial charge in [-0.05, 0) is 43.9 Å². The fraction of sp³-hybridized carbons (Fsp3) is 0.375. The Bertz CT molecular complexity index is 596. The van der Waals surface area contributed by atoms with E-state index in [2.05, 4.69) is 48.2 Å². The van der Waals surface area contributed by atoms with E-state index in [9.17, 15) is 0 Å². The zero-order chi connectivity index (χ0) is 14.5. The molecule has 1 aromatic carbocycles. The van der Waals surface area contributed by atoms with Gasteiger partial charge in [-0.3, -0.25) is 0 Å². The van der Waals surface area contributed by atoms with Crippen molar-refractivity contribution in [3.05, 3.63) is 41.1 Å². The summed E-state index contributed by atoms with van der Waals surface area (Å²) < 4.78 is 5.95. The summed E-state index contributed by atoms with van der Waals surface area (Å²) in [4.78, 5) is 8.55. The van der Waals surface area contributed by atoms with E-state index in [1.54, 1.807) is 12.3 Å². The summed E-state index contributed by atoms with van der Waals surface area (Å²) in [5, 5.41) is 3.16. The van der Waals surface area contributed by atoms with Gasteiger partial charge >= 0.3 is 0 Å². The van der Waals surface area contributed by atoms with Crippen molar-refractivity contribution in [2.45, 2.75) is 34.1 Å². The van der Waals surface area contributed by atoms with Gasteiger partial charge in [0.25, 0.3) is 0 Å². The Kier molecular flexibility index (Phi) is 4.56. The lowest BCUT2D eigenvalue weighted by Gasteiger charge is -2.13. The van der Waals surface area contributed by atoms with Crippen LogP contribution in [0.15, 0.2) is 24.4 Å². The second-order valence-electron chi connectivity index (χ2n) is 4.90. The Morgan fingerprint density at radius 1 is 1.10 bits per heavy atom. The first-order chi connectivity index (χ1) is 9.61. The molecule has 20 heavy (non-hydrogen) atoms. The minimum atomic E-state index is 0.565. The number of aryl methyl sites for hydroxylation is 2. The van der Waals surface area contributed by atoms with E-state index >= 15 is 0 Å². The first-order valence-corrected chi connectivity index (χ1v) is 6.93. The van der Waals surface area contributed by atoms with Crippen molar-refractivity contribution < 1.29 is 4.74 Å². The molecule has 0 spiro atoms.